The van der Waals surface area contributed by atoms with Crippen LogP contribution in [0, 0.1) is 0 Å². The molecule has 0 aromatic heterocycles. The van der Waals surface area contributed by atoms with E-state index in [0.717, 1.165) is 56.6 Å². The lowest BCUT2D eigenvalue weighted by Crippen LogP contribution is -2.36. The van der Waals surface area contributed by atoms with Crippen molar-refractivity contribution in [2.75, 3.05) is 39.4 Å². The number of nitrogens with zero attached hydrogens (tertiary/aromatic N) is 2. The molecule has 10 heteroatoms. The van der Waals surface area contributed by atoms with Crippen molar-refractivity contribution in [3.8, 4) is 0 Å². The fourth-order valence-electron chi connectivity index (χ4n) is 3.69. The topological polar surface area (TPSA) is 66.9 Å². The molecule has 2 rings (SSSR count). The summed E-state index contributed by atoms with van der Waals surface area (Å²) in [5, 5.41) is 0. The lowest BCUT2D eigenvalue weighted by atomic mass is 10.1. The fourth-order valence-corrected chi connectivity index (χ4v) is 4.45. The van der Waals surface area contributed by atoms with Gasteiger partial charge in [0.25, 0.3) is 9.84 Å². The van der Waals surface area contributed by atoms with Gasteiger partial charge in [0.1, 0.15) is 6.61 Å². The highest BCUT2D eigenvalue weighted by Gasteiger charge is 2.46. The lowest BCUT2D eigenvalue weighted by molar-refractivity contribution is -0.133. The zero-order valence-electron chi connectivity index (χ0n) is 18.0. The highest BCUT2D eigenvalue weighted by molar-refractivity contribution is 7.92. The summed E-state index contributed by atoms with van der Waals surface area (Å²) in [6, 6.07) is 5.06. The number of hydrogen-bond donors (Lipinski definition) is 0. The molecule has 0 spiro atoms. The van der Waals surface area contributed by atoms with Gasteiger partial charge in [-0.15, -0.1) is 0 Å². The lowest BCUT2D eigenvalue weighted by Gasteiger charge is -2.28. The first kappa shape index (κ1) is 25.6. The van der Waals surface area contributed by atoms with E-state index in [4.69, 9.17) is 4.74 Å². The Bertz CT molecular complexity index is 813. The summed E-state index contributed by atoms with van der Waals surface area (Å²) in [5.41, 5.74) is -4.52. The average molecular weight is 465 g/mol. The van der Waals surface area contributed by atoms with Crippen LogP contribution in [-0.2, 0) is 25.8 Å². The maximum Gasteiger partial charge on any atom is 0.501 e. The van der Waals surface area contributed by atoms with Gasteiger partial charge in [0.2, 0.25) is 5.91 Å². The Balaban J connectivity index is 1.84. The molecular formula is C21H31F3N2O4S. The van der Waals surface area contributed by atoms with Crippen molar-refractivity contribution in [2.24, 2.45) is 0 Å². The molecule has 6 nitrogen and oxygen atoms in total. The molecule has 0 bridgehead atoms. The number of benzene rings is 1. The molecule has 0 N–H and O–H groups in total. The van der Waals surface area contributed by atoms with E-state index in [1.54, 1.807) is 0 Å². The molecule has 1 amide bonds. The highest BCUT2D eigenvalue weighted by atomic mass is 32.2. The molecule has 1 atom stereocenters. The maximum atomic E-state index is 12.7. The molecule has 0 radical (unpaired) electrons. The molecule has 31 heavy (non-hydrogen) atoms. The summed E-state index contributed by atoms with van der Waals surface area (Å²) in [6.07, 6.45) is 3.26. The Morgan fingerprint density at radius 1 is 1.19 bits per heavy atom. The first-order valence-corrected chi connectivity index (χ1v) is 12.0. The minimum Gasteiger partial charge on any atom is -0.372 e. The van der Waals surface area contributed by atoms with Gasteiger partial charge < -0.3 is 14.5 Å². The van der Waals surface area contributed by atoms with Crippen LogP contribution in [0.15, 0.2) is 29.2 Å². The third-order valence-electron chi connectivity index (χ3n) is 5.52. The second-order valence-corrected chi connectivity index (χ2v) is 9.71. The van der Waals surface area contributed by atoms with Crippen LogP contribution in [0.4, 0.5) is 13.2 Å². The van der Waals surface area contributed by atoms with Gasteiger partial charge in [-0.3, -0.25) is 4.79 Å². The van der Waals surface area contributed by atoms with Gasteiger partial charge >= 0.3 is 5.51 Å². The van der Waals surface area contributed by atoms with Crippen LogP contribution >= 0.6 is 0 Å². The van der Waals surface area contributed by atoms with Gasteiger partial charge in [0.15, 0.2) is 0 Å². The number of carbonyl (C=O) groups excluding carboxylic acids is 1. The molecular weight excluding hydrogens is 433 g/mol. The minimum absolute atomic E-state index is 0.0363. The number of unbranched alkanes of at least 4 members (excludes halogenated alkanes) is 1. The van der Waals surface area contributed by atoms with Gasteiger partial charge in [-0.05, 0) is 63.4 Å². The average Bonchev–Trinajstić information content (AvgIpc) is 2.91. The zero-order valence-corrected chi connectivity index (χ0v) is 18.8. The van der Waals surface area contributed by atoms with Crippen molar-refractivity contribution < 1.29 is 31.1 Å². The largest absolute Gasteiger partial charge is 0.501 e. The van der Waals surface area contributed by atoms with Crippen molar-refractivity contribution >= 4 is 15.7 Å². The van der Waals surface area contributed by atoms with Gasteiger partial charge in [0.05, 0.1) is 4.90 Å². The number of amides is 1. The van der Waals surface area contributed by atoms with E-state index in [9.17, 15) is 26.4 Å². The van der Waals surface area contributed by atoms with E-state index >= 15 is 0 Å². The smallest absolute Gasteiger partial charge is 0.372 e. The third-order valence-corrected chi connectivity index (χ3v) is 7.02. The predicted molar refractivity (Wildman–Crippen MR) is 111 cm³/mol. The number of halogens is 3. The van der Waals surface area contributed by atoms with E-state index in [1.165, 1.54) is 12.1 Å². The first-order valence-electron chi connectivity index (χ1n) is 10.6. The van der Waals surface area contributed by atoms with Crippen LogP contribution < -0.4 is 0 Å². The van der Waals surface area contributed by atoms with Crippen LogP contribution in [0.2, 0.25) is 0 Å². The van der Waals surface area contributed by atoms with E-state index in [-0.39, 0.29) is 18.6 Å². The van der Waals surface area contributed by atoms with Crippen LogP contribution in [-0.4, -0.2) is 75.1 Å². The molecule has 1 saturated heterocycles. The van der Waals surface area contributed by atoms with Gasteiger partial charge in [-0.2, -0.15) is 13.2 Å². The van der Waals surface area contributed by atoms with Crippen LogP contribution in [0.5, 0.6) is 0 Å². The van der Waals surface area contributed by atoms with Gasteiger partial charge in [-0.25, -0.2) is 8.42 Å². The van der Waals surface area contributed by atoms with Crippen molar-refractivity contribution in [1.82, 2.24) is 9.80 Å². The van der Waals surface area contributed by atoms with E-state index in [0.29, 0.717) is 19.6 Å². The molecule has 176 valence electrons. The molecule has 1 fully saturated rings. The molecule has 1 heterocycles. The zero-order chi connectivity index (χ0) is 23.1. The monoisotopic (exact) mass is 464 g/mol. The summed E-state index contributed by atoms with van der Waals surface area (Å²) >= 11 is 0. The SMILES string of the molecule is CCN(CCCCN1CCCOCC1=O)C(C)Cc1ccc(S(=O)(=O)C(F)(F)F)cc1. The van der Waals surface area contributed by atoms with Crippen molar-refractivity contribution in [3.05, 3.63) is 29.8 Å². The Hall–Kier alpha value is -1.65. The summed E-state index contributed by atoms with van der Waals surface area (Å²) < 4.78 is 66.2. The van der Waals surface area contributed by atoms with Gasteiger partial charge in [0, 0.05) is 25.7 Å². The standard InChI is InChI=1S/C21H31F3N2O4S/c1-3-25(11-4-5-12-26-13-6-14-30-16-20(26)27)17(2)15-18-7-9-19(10-8-18)31(28,29)21(22,23)24/h7-10,17H,3-6,11-16H2,1-2H3. The minimum atomic E-state index is -5.32. The van der Waals surface area contributed by atoms with Crippen LogP contribution in [0.3, 0.4) is 0 Å². The Morgan fingerprint density at radius 2 is 1.87 bits per heavy atom. The number of ether oxygens (including phenoxy) is 1. The number of carbonyl (C=O) groups is 1. The maximum absolute atomic E-state index is 12.7. The van der Waals surface area contributed by atoms with Crippen LogP contribution in [0.25, 0.3) is 0 Å². The predicted octanol–water partition coefficient (Wildman–Crippen LogP) is 3.26. The molecule has 0 saturated carbocycles. The Kier molecular flexibility index (Phi) is 9.32. The molecule has 1 unspecified atom stereocenters. The van der Waals surface area contributed by atoms with E-state index in [2.05, 4.69) is 4.90 Å². The Morgan fingerprint density at radius 3 is 2.48 bits per heavy atom. The molecule has 0 aliphatic carbocycles. The number of likely N-dealkylation sites (N-methyl/N-ethyl adjacent to an activating group) is 1. The normalized spacial score (nSPS) is 17.1. The van der Waals surface area contributed by atoms with Crippen LogP contribution in [0.1, 0.15) is 38.7 Å². The number of rotatable bonds is 10. The van der Waals surface area contributed by atoms with Crippen molar-refractivity contribution in [3.63, 3.8) is 0 Å². The van der Waals surface area contributed by atoms with Gasteiger partial charge in [-0.1, -0.05) is 19.1 Å². The molecule has 1 aromatic carbocycles. The summed E-state index contributed by atoms with van der Waals surface area (Å²) in [4.78, 5) is 15.3. The van der Waals surface area contributed by atoms with E-state index in [1.807, 2.05) is 18.7 Å². The third kappa shape index (κ3) is 7.18. The van der Waals surface area contributed by atoms with Crippen molar-refractivity contribution in [2.45, 2.75) is 56.0 Å². The summed E-state index contributed by atoms with van der Waals surface area (Å²) in [7, 11) is -5.32. The van der Waals surface area contributed by atoms with E-state index < -0.39 is 20.2 Å². The summed E-state index contributed by atoms with van der Waals surface area (Å²) in [5.74, 6) is 0.0363. The molecule has 1 aromatic rings. The highest BCUT2D eigenvalue weighted by Crippen LogP contribution is 2.30. The fraction of sp³-hybridized carbons (Fsp3) is 0.667. The second kappa shape index (κ2) is 11.3. The molecule has 1 aliphatic heterocycles. The number of alkyl halides is 3. The first-order chi connectivity index (χ1) is 14.6. The quantitative estimate of drug-likeness (QED) is 0.498. The molecule has 1 aliphatic rings. The van der Waals surface area contributed by atoms with Crippen molar-refractivity contribution in [1.29, 1.82) is 0 Å². The Labute approximate surface area is 182 Å². The number of sulfone groups is 1. The second-order valence-electron chi connectivity index (χ2n) is 7.77. The number of hydrogen-bond acceptors (Lipinski definition) is 5. The summed E-state index contributed by atoms with van der Waals surface area (Å²) in [6.45, 7) is 7.96.